The van der Waals surface area contributed by atoms with Crippen molar-refractivity contribution in [3.63, 3.8) is 0 Å². The predicted octanol–water partition coefficient (Wildman–Crippen LogP) is 2.00. The van der Waals surface area contributed by atoms with E-state index in [1.807, 2.05) is 23.8 Å². The summed E-state index contributed by atoms with van der Waals surface area (Å²) in [5.74, 6) is 0.594. The number of imidazole rings is 1. The van der Waals surface area contributed by atoms with Crippen LogP contribution in [-0.4, -0.2) is 22.9 Å². The van der Waals surface area contributed by atoms with Gasteiger partial charge in [-0.1, -0.05) is 0 Å². The van der Waals surface area contributed by atoms with E-state index in [2.05, 4.69) is 4.98 Å². The molecule has 4 heteroatoms. The Balaban J connectivity index is 2.59. The molecule has 0 N–H and O–H groups in total. The van der Waals surface area contributed by atoms with E-state index in [0.29, 0.717) is 11.3 Å². The number of nitrogens with zero attached hydrogens (tertiary/aromatic N) is 2. The smallest absolute Gasteiger partial charge is 0.153 e. The molecule has 4 nitrogen and oxygen atoms in total. The maximum atomic E-state index is 10.9. The van der Waals surface area contributed by atoms with E-state index in [-0.39, 0.29) is 0 Å². The number of methoxy groups -OCH3 is 1. The van der Waals surface area contributed by atoms with E-state index in [1.54, 1.807) is 25.7 Å². The molecule has 82 valence electrons. The summed E-state index contributed by atoms with van der Waals surface area (Å²) in [6.45, 7) is 1.96. The normalized spacial score (nSPS) is 10.1. The van der Waals surface area contributed by atoms with Crippen LogP contribution in [0.4, 0.5) is 0 Å². The molecule has 0 fully saturated rings. The summed E-state index contributed by atoms with van der Waals surface area (Å²) in [7, 11) is 1.55. The Morgan fingerprint density at radius 3 is 2.81 bits per heavy atom. The van der Waals surface area contributed by atoms with Gasteiger partial charge >= 0.3 is 0 Å². The van der Waals surface area contributed by atoms with Gasteiger partial charge in [-0.25, -0.2) is 4.98 Å². The summed E-state index contributed by atoms with van der Waals surface area (Å²) in [5, 5.41) is 0. The Morgan fingerprint density at radius 1 is 1.44 bits per heavy atom. The van der Waals surface area contributed by atoms with Crippen LogP contribution >= 0.6 is 0 Å². The summed E-state index contributed by atoms with van der Waals surface area (Å²) in [6, 6.07) is 3.64. The zero-order chi connectivity index (χ0) is 11.5. The van der Waals surface area contributed by atoms with Crippen molar-refractivity contribution in [2.45, 2.75) is 6.92 Å². The first kappa shape index (κ1) is 10.4. The molecular weight excluding hydrogens is 204 g/mol. The molecule has 0 radical (unpaired) electrons. The van der Waals surface area contributed by atoms with Crippen LogP contribution in [0.1, 0.15) is 15.9 Å². The highest BCUT2D eigenvalue weighted by Gasteiger charge is 2.08. The minimum Gasteiger partial charge on any atom is -0.496 e. The van der Waals surface area contributed by atoms with Crippen LogP contribution in [0.5, 0.6) is 5.75 Å². The third-order valence-corrected chi connectivity index (χ3v) is 2.46. The molecule has 0 aliphatic heterocycles. The molecule has 0 bridgehead atoms. The fourth-order valence-corrected chi connectivity index (χ4v) is 1.63. The molecule has 2 aromatic rings. The Bertz CT molecular complexity index is 504. The standard InChI is InChI=1S/C12H12N2O2/c1-9-5-12(16-2)10(7-15)6-11(9)14-4-3-13-8-14/h3-8H,1-2H3. The van der Waals surface area contributed by atoms with Gasteiger partial charge in [-0.3, -0.25) is 4.79 Å². The van der Waals surface area contributed by atoms with Crippen molar-refractivity contribution in [2.75, 3.05) is 7.11 Å². The van der Waals surface area contributed by atoms with E-state index in [4.69, 9.17) is 4.74 Å². The third kappa shape index (κ3) is 1.69. The second-order valence-corrected chi connectivity index (χ2v) is 3.47. The number of aldehydes is 1. The number of hydrogen-bond acceptors (Lipinski definition) is 3. The average molecular weight is 216 g/mol. The van der Waals surface area contributed by atoms with Crippen molar-refractivity contribution < 1.29 is 9.53 Å². The lowest BCUT2D eigenvalue weighted by Crippen LogP contribution is -1.98. The van der Waals surface area contributed by atoms with Crippen molar-refractivity contribution in [2.24, 2.45) is 0 Å². The van der Waals surface area contributed by atoms with Gasteiger partial charge in [-0.2, -0.15) is 0 Å². The molecule has 0 unspecified atom stereocenters. The van der Waals surface area contributed by atoms with Crippen LogP contribution in [0.15, 0.2) is 30.9 Å². The monoisotopic (exact) mass is 216 g/mol. The van der Waals surface area contributed by atoms with Gasteiger partial charge in [0.05, 0.1) is 24.7 Å². The first-order chi connectivity index (χ1) is 7.76. The van der Waals surface area contributed by atoms with Crippen LogP contribution in [0.3, 0.4) is 0 Å². The summed E-state index contributed by atoms with van der Waals surface area (Å²) in [4.78, 5) is 14.9. The fraction of sp³-hybridized carbons (Fsp3) is 0.167. The fourth-order valence-electron chi connectivity index (χ4n) is 1.63. The summed E-state index contributed by atoms with van der Waals surface area (Å²) in [5.41, 5.74) is 2.50. The molecule has 0 amide bonds. The molecule has 16 heavy (non-hydrogen) atoms. The highest BCUT2D eigenvalue weighted by Crippen LogP contribution is 2.24. The summed E-state index contributed by atoms with van der Waals surface area (Å²) < 4.78 is 7.00. The number of carbonyl (C=O) groups excluding carboxylic acids is 1. The lowest BCUT2D eigenvalue weighted by molar-refractivity contribution is 0.112. The van der Waals surface area contributed by atoms with Crippen LogP contribution in [0.25, 0.3) is 5.69 Å². The molecule has 0 saturated heterocycles. The number of aryl methyl sites for hydroxylation is 1. The quantitative estimate of drug-likeness (QED) is 0.737. The molecule has 0 saturated carbocycles. The lowest BCUT2D eigenvalue weighted by Gasteiger charge is -2.10. The van der Waals surface area contributed by atoms with Gasteiger partial charge in [0.1, 0.15) is 5.75 Å². The Hall–Kier alpha value is -2.10. The number of benzene rings is 1. The number of aromatic nitrogens is 2. The largest absolute Gasteiger partial charge is 0.496 e. The molecule has 1 heterocycles. The van der Waals surface area contributed by atoms with Crippen molar-refractivity contribution in [1.82, 2.24) is 9.55 Å². The molecule has 1 aromatic heterocycles. The van der Waals surface area contributed by atoms with E-state index < -0.39 is 0 Å². The van der Waals surface area contributed by atoms with E-state index >= 15 is 0 Å². The highest BCUT2D eigenvalue weighted by atomic mass is 16.5. The summed E-state index contributed by atoms with van der Waals surface area (Å²) >= 11 is 0. The second-order valence-electron chi connectivity index (χ2n) is 3.47. The minimum atomic E-state index is 0.539. The van der Waals surface area contributed by atoms with Crippen LogP contribution < -0.4 is 4.74 Å². The van der Waals surface area contributed by atoms with Gasteiger partial charge < -0.3 is 9.30 Å². The van der Waals surface area contributed by atoms with Crippen LogP contribution in [-0.2, 0) is 0 Å². The zero-order valence-electron chi connectivity index (χ0n) is 9.18. The molecular formula is C12H12N2O2. The van der Waals surface area contributed by atoms with E-state index in [9.17, 15) is 4.79 Å². The van der Waals surface area contributed by atoms with Gasteiger partial charge in [0.15, 0.2) is 6.29 Å². The molecule has 0 spiro atoms. The topological polar surface area (TPSA) is 44.1 Å². The van der Waals surface area contributed by atoms with Gasteiger partial charge in [0.2, 0.25) is 0 Å². The SMILES string of the molecule is COc1cc(C)c(-n2ccnc2)cc1C=O. The molecule has 1 aromatic carbocycles. The number of hydrogen-bond donors (Lipinski definition) is 0. The zero-order valence-corrected chi connectivity index (χ0v) is 9.18. The number of carbonyl (C=O) groups is 1. The van der Waals surface area contributed by atoms with Crippen molar-refractivity contribution in [1.29, 1.82) is 0 Å². The molecule has 0 aliphatic rings. The highest BCUT2D eigenvalue weighted by molar-refractivity contribution is 5.81. The van der Waals surface area contributed by atoms with Gasteiger partial charge in [0.25, 0.3) is 0 Å². The third-order valence-electron chi connectivity index (χ3n) is 2.46. The van der Waals surface area contributed by atoms with Gasteiger partial charge in [-0.05, 0) is 24.6 Å². The van der Waals surface area contributed by atoms with Crippen LogP contribution in [0.2, 0.25) is 0 Å². The maximum Gasteiger partial charge on any atom is 0.153 e. The first-order valence-corrected chi connectivity index (χ1v) is 4.88. The van der Waals surface area contributed by atoms with E-state index in [1.165, 1.54) is 0 Å². The molecule has 0 atom stereocenters. The van der Waals surface area contributed by atoms with E-state index in [0.717, 1.165) is 17.5 Å². The maximum absolute atomic E-state index is 10.9. The van der Waals surface area contributed by atoms with Crippen LogP contribution in [0, 0.1) is 6.92 Å². The van der Waals surface area contributed by atoms with Gasteiger partial charge in [-0.15, -0.1) is 0 Å². The summed E-state index contributed by atoms with van der Waals surface area (Å²) in [6.07, 6.45) is 6.02. The second kappa shape index (κ2) is 4.18. The molecule has 2 rings (SSSR count). The number of ether oxygens (including phenoxy) is 1. The Kier molecular flexibility index (Phi) is 2.72. The number of rotatable bonds is 3. The predicted molar refractivity (Wildman–Crippen MR) is 60.2 cm³/mol. The van der Waals surface area contributed by atoms with Crippen molar-refractivity contribution in [3.8, 4) is 11.4 Å². The first-order valence-electron chi connectivity index (χ1n) is 4.88. The van der Waals surface area contributed by atoms with Crippen molar-refractivity contribution in [3.05, 3.63) is 42.0 Å². The average Bonchev–Trinajstić information content (AvgIpc) is 2.82. The Morgan fingerprint density at radius 2 is 2.25 bits per heavy atom. The Labute approximate surface area is 93.5 Å². The van der Waals surface area contributed by atoms with Crippen molar-refractivity contribution >= 4 is 6.29 Å². The molecule has 0 aliphatic carbocycles. The lowest BCUT2D eigenvalue weighted by atomic mass is 10.1. The minimum absolute atomic E-state index is 0.539. The van der Waals surface area contributed by atoms with Gasteiger partial charge in [0, 0.05) is 12.4 Å².